The van der Waals surface area contributed by atoms with Crippen molar-refractivity contribution in [3.8, 4) is 6.07 Å². The molecule has 0 radical (unpaired) electrons. The van der Waals surface area contributed by atoms with Crippen molar-refractivity contribution < 1.29 is 4.39 Å². The molecule has 0 aliphatic rings. The third-order valence-electron chi connectivity index (χ3n) is 2.94. The van der Waals surface area contributed by atoms with Crippen molar-refractivity contribution in [2.45, 2.75) is 44.9 Å². The number of hydrogen-bond acceptors (Lipinski definition) is 1. The Morgan fingerprint density at radius 3 is 2.31 bits per heavy atom. The maximum absolute atomic E-state index is 13.2. The monoisotopic (exact) mass is 219 g/mol. The molecule has 0 saturated carbocycles. The molecule has 86 valence electrons. The molecule has 0 bridgehead atoms. The molecule has 0 aliphatic heterocycles. The zero-order valence-corrected chi connectivity index (χ0v) is 9.96. The average Bonchev–Trinajstić information content (AvgIpc) is 2.28. The number of nitriles is 1. The predicted molar refractivity (Wildman–Crippen MR) is 63.5 cm³/mol. The highest BCUT2D eigenvalue weighted by molar-refractivity contribution is 5.32. The highest BCUT2D eigenvalue weighted by Crippen LogP contribution is 2.33. The van der Waals surface area contributed by atoms with Gasteiger partial charge in [-0.25, -0.2) is 4.39 Å². The van der Waals surface area contributed by atoms with Crippen LogP contribution in [-0.4, -0.2) is 0 Å². The Bertz CT molecular complexity index is 373. The van der Waals surface area contributed by atoms with Gasteiger partial charge in [-0.15, -0.1) is 0 Å². The van der Waals surface area contributed by atoms with Gasteiger partial charge in [0, 0.05) is 0 Å². The van der Waals surface area contributed by atoms with Gasteiger partial charge in [-0.05, 0) is 30.5 Å². The third-order valence-corrected chi connectivity index (χ3v) is 2.94. The maximum atomic E-state index is 13.2. The predicted octanol–water partition coefficient (Wildman–Crippen LogP) is 4.19. The quantitative estimate of drug-likeness (QED) is 0.728. The Hall–Kier alpha value is -1.36. The lowest BCUT2D eigenvalue weighted by molar-refractivity contribution is 0.450. The summed E-state index contributed by atoms with van der Waals surface area (Å²) >= 11 is 0. The number of nitrogens with zero attached hydrogens (tertiary/aromatic N) is 1. The van der Waals surface area contributed by atoms with E-state index in [0.29, 0.717) is 0 Å². The van der Waals surface area contributed by atoms with E-state index < -0.39 is 5.41 Å². The summed E-state index contributed by atoms with van der Waals surface area (Å²) in [5.41, 5.74) is 0.310. The first kappa shape index (κ1) is 12.7. The van der Waals surface area contributed by atoms with E-state index in [9.17, 15) is 9.65 Å². The molecular weight excluding hydrogens is 201 g/mol. The number of benzene rings is 1. The zero-order valence-electron chi connectivity index (χ0n) is 9.96. The van der Waals surface area contributed by atoms with E-state index in [4.69, 9.17) is 0 Å². The average molecular weight is 219 g/mol. The number of rotatable bonds is 5. The molecule has 0 heterocycles. The van der Waals surface area contributed by atoms with Gasteiger partial charge in [-0.3, -0.25) is 0 Å². The summed E-state index contributed by atoms with van der Waals surface area (Å²) in [6, 6.07) is 8.85. The zero-order chi connectivity index (χ0) is 12.0. The van der Waals surface area contributed by atoms with Crippen molar-refractivity contribution in [1.29, 1.82) is 5.26 Å². The Kier molecular flexibility index (Phi) is 4.49. The molecule has 1 aromatic carbocycles. The van der Waals surface area contributed by atoms with E-state index in [1.807, 2.05) is 6.07 Å². The van der Waals surface area contributed by atoms with Gasteiger partial charge in [-0.1, -0.05) is 38.8 Å². The van der Waals surface area contributed by atoms with Crippen molar-refractivity contribution in [2.75, 3.05) is 0 Å². The van der Waals surface area contributed by atoms with Crippen LogP contribution in [0.15, 0.2) is 24.3 Å². The minimum atomic E-state index is -0.508. The van der Waals surface area contributed by atoms with Crippen molar-refractivity contribution in [2.24, 2.45) is 0 Å². The van der Waals surface area contributed by atoms with Gasteiger partial charge < -0.3 is 0 Å². The van der Waals surface area contributed by atoms with Crippen LogP contribution in [0.2, 0.25) is 0 Å². The molecule has 2 heteroatoms. The van der Waals surface area contributed by atoms with Crippen LogP contribution in [-0.2, 0) is 5.41 Å². The lowest BCUT2D eigenvalue weighted by Gasteiger charge is -2.26. The first-order valence-electron chi connectivity index (χ1n) is 5.86. The van der Waals surface area contributed by atoms with Crippen LogP contribution in [0, 0.1) is 17.1 Å². The summed E-state index contributed by atoms with van der Waals surface area (Å²) in [5, 5.41) is 9.41. The van der Waals surface area contributed by atoms with Crippen LogP contribution < -0.4 is 0 Å². The van der Waals surface area contributed by atoms with Crippen molar-refractivity contribution in [3.05, 3.63) is 35.6 Å². The van der Waals surface area contributed by atoms with E-state index >= 15 is 0 Å². The van der Waals surface area contributed by atoms with Gasteiger partial charge in [0.15, 0.2) is 0 Å². The van der Waals surface area contributed by atoms with Crippen LogP contribution in [0.1, 0.15) is 45.1 Å². The number of halogens is 1. The second-order valence-corrected chi connectivity index (χ2v) is 4.20. The summed E-state index contributed by atoms with van der Waals surface area (Å²) in [5.74, 6) is -0.260. The molecule has 0 aromatic heterocycles. The van der Waals surface area contributed by atoms with Crippen molar-refractivity contribution in [3.63, 3.8) is 0 Å². The van der Waals surface area contributed by atoms with Crippen LogP contribution in [0.25, 0.3) is 0 Å². The molecule has 1 rings (SSSR count). The summed E-state index contributed by atoms with van der Waals surface area (Å²) in [4.78, 5) is 0. The molecule has 0 saturated heterocycles. The van der Waals surface area contributed by atoms with Gasteiger partial charge in [0.05, 0.1) is 11.5 Å². The van der Waals surface area contributed by atoms with Crippen molar-refractivity contribution in [1.82, 2.24) is 0 Å². The van der Waals surface area contributed by atoms with Gasteiger partial charge in [0.25, 0.3) is 0 Å². The molecule has 16 heavy (non-hydrogen) atoms. The fraction of sp³-hybridized carbons (Fsp3) is 0.500. The first-order valence-corrected chi connectivity index (χ1v) is 5.86. The van der Waals surface area contributed by atoms with Gasteiger partial charge in [-0.2, -0.15) is 5.26 Å². The molecule has 1 aromatic rings. The molecule has 0 fully saturated rings. The molecular formula is C14H18FN. The molecule has 0 atom stereocenters. The smallest absolute Gasteiger partial charge is 0.123 e. The van der Waals surface area contributed by atoms with Gasteiger partial charge >= 0.3 is 0 Å². The minimum absolute atomic E-state index is 0.260. The highest BCUT2D eigenvalue weighted by Gasteiger charge is 2.30. The fourth-order valence-electron chi connectivity index (χ4n) is 2.23. The second kappa shape index (κ2) is 5.65. The van der Waals surface area contributed by atoms with Crippen LogP contribution in [0.3, 0.4) is 0 Å². The molecule has 0 N–H and O–H groups in total. The van der Waals surface area contributed by atoms with E-state index in [1.165, 1.54) is 12.1 Å². The summed E-state index contributed by atoms with van der Waals surface area (Å²) < 4.78 is 13.2. The molecule has 0 unspecified atom stereocenters. The Morgan fingerprint density at radius 1 is 1.25 bits per heavy atom. The molecule has 0 aliphatic carbocycles. The normalized spacial score (nSPS) is 11.1. The van der Waals surface area contributed by atoms with E-state index in [2.05, 4.69) is 19.9 Å². The summed E-state index contributed by atoms with van der Waals surface area (Å²) in [6.07, 6.45) is 3.45. The van der Waals surface area contributed by atoms with Gasteiger partial charge in [0.2, 0.25) is 0 Å². The Morgan fingerprint density at radius 2 is 1.88 bits per heavy atom. The molecule has 0 spiro atoms. The number of hydrogen-bond donors (Lipinski definition) is 0. The van der Waals surface area contributed by atoms with E-state index in [0.717, 1.165) is 31.2 Å². The molecule has 1 nitrogen and oxygen atoms in total. The largest absolute Gasteiger partial charge is 0.207 e. The Labute approximate surface area is 96.9 Å². The lowest BCUT2D eigenvalue weighted by Crippen LogP contribution is -2.23. The lowest BCUT2D eigenvalue weighted by atomic mass is 9.75. The van der Waals surface area contributed by atoms with Crippen LogP contribution >= 0.6 is 0 Å². The Balaban J connectivity index is 3.14. The molecule has 0 amide bonds. The summed E-state index contributed by atoms with van der Waals surface area (Å²) in [6.45, 7) is 4.11. The second-order valence-electron chi connectivity index (χ2n) is 4.20. The summed E-state index contributed by atoms with van der Waals surface area (Å²) in [7, 11) is 0. The highest BCUT2D eigenvalue weighted by atomic mass is 19.1. The van der Waals surface area contributed by atoms with Gasteiger partial charge in [0.1, 0.15) is 5.82 Å². The maximum Gasteiger partial charge on any atom is 0.123 e. The van der Waals surface area contributed by atoms with E-state index in [1.54, 1.807) is 6.07 Å². The first-order chi connectivity index (χ1) is 7.68. The third kappa shape index (κ3) is 2.61. The standard InChI is InChI=1S/C14H18FN/c1-3-8-14(11-16,9-4-2)12-6-5-7-13(15)10-12/h5-7,10H,3-4,8-9H2,1-2H3. The SMILES string of the molecule is CCCC(C#N)(CCC)c1cccc(F)c1. The fourth-order valence-corrected chi connectivity index (χ4v) is 2.23. The van der Waals surface area contributed by atoms with Crippen LogP contribution in [0.5, 0.6) is 0 Å². The van der Waals surface area contributed by atoms with Crippen LogP contribution in [0.4, 0.5) is 4.39 Å². The van der Waals surface area contributed by atoms with Crippen molar-refractivity contribution >= 4 is 0 Å². The van der Waals surface area contributed by atoms with E-state index in [-0.39, 0.29) is 5.82 Å². The minimum Gasteiger partial charge on any atom is -0.207 e. The topological polar surface area (TPSA) is 23.8 Å².